The number of hydrogen-bond acceptors (Lipinski definition) is 1. The number of aliphatic hydroxyl groups is 1. The van der Waals surface area contributed by atoms with E-state index in [-0.39, 0.29) is 11.5 Å². The average Bonchev–Trinajstić information content (AvgIpc) is 2.89. The molecule has 0 heterocycles. The summed E-state index contributed by atoms with van der Waals surface area (Å²) in [7, 11) is 0. The zero-order chi connectivity index (χ0) is 10.3. The third kappa shape index (κ3) is 1.67. The fourth-order valence-electron chi connectivity index (χ4n) is 1.65. The third-order valence-corrected chi connectivity index (χ3v) is 3.62. The maximum Gasteiger partial charge on any atom is 0.0844 e. The molecule has 1 fully saturated rings. The SMILES string of the molecule is Cc1ccc(C(O)C2(C)CC2)cc1Cl. The Labute approximate surface area is 89.7 Å². The minimum Gasteiger partial charge on any atom is -0.388 e. The monoisotopic (exact) mass is 210 g/mol. The Kier molecular flexibility index (Phi) is 2.32. The Morgan fingerprint density at radius 3 is 2.57 bits per heavy atom. The Morgan fingerprint density at radius 2 is 2.07 bits per heavy atom. The molecule has 1 aliphatic rings. The highest BCUT2D eigenvalue weighted by Gasteiger charge is 2.44. The van der Waals surface area contributed by atoms with Crippen LogP contribution in [0.15, 0.2) is 18.2 Å². The van der Waals surface area contributed by atoms with E-state index in [0.29, 0.717) is 0 Å². The minimum atomic E-state index is -0.361. The van der Waals surface area contributed by atoms with Crippen molar-refractivity contribution in [1.82, 2.24) is 0 Å². The molecule has 1 atom stereocenters. The second kappa shape index (κ2) is 3.25. The van der Waals surface area contributed by atoms with Crippen LogP contribution < -0.4 is 0 Å². The van der Waals surface area contributed by atoms with E-state index >= 15 is 0 Å². The van der Waals surface area contributed by atoms with Gasteiger partial charge in [0.15, 0.2) is 0 Å². The molecule has 14 heavy (non-hydrogen) atoms. The third-order valence-electron chi connectivity index (χ3n) is 3.21. The highest BCUT2D eigenvalue weighted by molar-refractivity contribution is 6.31. The summed E-state index contributed by atoms with van der Waals surface area (Å²) < 4.78 is 0. The Balaban J connectivity index is 2.28. The van der Waals surface area contributed by atoms with Gasteiger partial charge in [0.05, 0.1) is 6.10 Å². The number of halogens is 1. The number of aliphatic hydroxyl groups excluding tert-OH is 1. The van der Waals surface area contributed by atoms with Crippen molar-refractivity contribution in [1.29, 1.82) is 0 Å². The van der Waals surface area contributed by atoms with Gasteiger partial charge >= 0.3 is 0 Å². The van der Waals surface area contributed by atoms with E-state index in [0.717, 1.165) is 29.0 Å². The van der Waals surface area contributed by atoms with Crippen LogP contribution in [0.1, 0.15) is 37.0 Å². The summed E-state index contributed by atoms with van der Waals surface area (Å²) in [5.41, 5.74) is 2.10. The zero-order valence-corrected chi connectivity index (χ0v) is 9.30. The smallest absolute Gasteiger partial charge is 0.0844 e. The van der Waals surface area contributed by atoms with Crippen molar-refractivity contribution >= 4 is 11.6 Å². The van der Waals surface area contributed by atoms with Gasteiger partial charge < -0.3 is 5.11 Å². The fraction of sp³-hybridized carbons (Fsp3) is 0.500. The molecule has 0 bridgehead atoms. The lowest BCUT2D eigenvalue weighted by atomic mass is 9.94. The highest BCUT2D eigenvalue weighted by atomic mass is 35.5. The van der Waals surface area contributed by atoms with Gasteiger partial charge in [0.1, 0.15) is 0 Å². The molecule has 1 unspecified atom stereocenters. The van der Waals surface area contributed by atoms with Gasteiger partial charge in [-0.2, -0.15) is 0 Å². The Morgan fingerprint density at radius 1 is 1.43 bits per heavy atom. The largest absolute Gasteiger partial charge is 0.388 e. The van der Waals surface area contributed by atoms with Crippen molar-refractivity contribution in [3.05, 3.63) is 34.3 Å². The molecule has 1 aliphatic carbocycles. The molecule has 1 aromatic rings. The second-order valence-electron chi connectivity index (χ2n) is 4.57. The van der Waals surface area contributed by atoms with Gasteiger partial charge in [0.25, 0.3) is 0 Å². The molecule has 0 amide bonds. The summed E-state index contributed by atoms with van der Waals surface area (Å²) in [5, 5.41) is 10.8. The maximum absolute atomic E-state index is 10.1. The van der Waals surface area contributed by atoms with Gasteiger partial charge in [-0.3, -0.25) is 0 Å². The van der Waals surface area contributed by atoms with E-state index in [1.807, 2.05) is 25.1 Å². The number of rotatable bonds is 2. The van der Waals surface area contributed by atoms with Gasteiger partial charge in [0, 0.05) is 5.02 Å². The van der Waals surface area contributed by atoms with E-state index in [1.165, 1.54) is 0 Å². The molecule has 0 aromatic heterocycles. The van der Waals surface area contributed by atoms with E-state index in [1.54, 1.807) is 0 Å². The van der Waals surface area contributed by atoms with Crippen molar-refractivity contribution in [2.75, 3.05) is 0 Å². The van der Waals surface area contributed by atoms with E-state index in [9.17, 15) is 5.11 Å². The molecule has 0 saturated heterocycles. The first kappa shape index (κ1) is 10.0. The normalized spacial score (nSPS) is 20.6. The van der Waals surface area contributed by atoms with Crippen LogP contribution in [0.25, 0.3) is 0 Å². The zero-order valence-electron chi connectivity index (χ0n) is 8.55. The van der Waals surface area contributed by atoms with E-state index < -0.39 is 0 Å². The predicted octanol–water partition coefficient (Wildman–Crippen LogP) is 3.48. The number of hydrogen-bond donors (Lipinski definition) is 1. The standard InChI is InChI=1S/C12H15ClO/c1-8-3-4-9(7-10(8)13)11(14)12(2)5-6-12/h3-4,7,11,14H,5-6H2,1-2H3. The summed E-state index contributed by atoms with van der Waals surface area (Å²) in [6.07, 6.45) is 1.86. The highest BCUT2D eigenvalue weighted by Crippen LogP contribution is 2.54. The van der Waals surface area contributed by atoms with Crippen molar-refractivity contribution in [3.8, 4) is 0 Å². The molecule has 76 valence electrons. The quantitative estimate of drug-likeness (QED) is 0.793. The minimum absolute atomic E-state index is 0.0958. The first-order chi connectivity index (χ1) is 6.53. The van der Waals surface area contributed by atoms with Crippen LogP contribution in [0.4, 0.5) is 0 Å². The van der Waals surface area contributed by atoms with E-state index in [4.69, 9.17) is 11.6 Å². The first-order valence-corrected chi connectivity index (χ1v) is 5.35. The van der Waals surface area contributed by atoms with Crippen molar-refractivity contribution in [2.24, 2.45) is 5.41 Å². The van der Waals surface area contributed by atoms with Crippen molar-refractivity contribution < 1.29 is 5.11 Å². The fourth-order valence-corrected chi connectivity index (χ4v) is 1.84. The second-order valence-corrected chi connectivity index (χ2v) is 4.97. The molecule has 1 N–H and O–H groups in total. The Bertz CT molecular complexity index is 355. The first-order valence-electron chi connectivity index (χ1n) is 4.97. The molecule has 1 nitrogen and oxygen atoms in total. The van der Waals surface area contributed by atoms with Gasteiger partial charge in [-0.1, -0.05) is 30.7 Å². The van der Waals surface area contributed by atoms with Crippen molar-refractivity contribution in [2.45, 2.75) is 32.8 Å². The molecule has 2 rings (SSSR count). The van der Waals surface area contributed by atoms with Crippen LogP contribution in [0.2, 0.25) is 5.02 Å². The van der Waals surface area contributed by atoms with Crippen LogP contribution in [-0.2, 0) is 0 Å². The van der Waals surface area contributed by atoms with Crippen LogP contribution >= 0.6 is 11.6 Å². The molecule has 0 aliphatic heterocycles. The summed E-state index contributed by atoms with van der Waals surface area (Å²) >= 11 is 6.02. The summed E-state index contributed by atoms with van der Waals surface area (Å²) in [5.74, 6) is 0. The topological polar surface area (TPSA) is 20.2 Å². The summed E-state index contributed by atoms with van der Waals surface area (Å²) in [6.45, 7) is 4.09. The Hall–Kier alpha value is -0.530. The number of aryl methyl sites for hydroxylation is 1. The lowest BCUT2D eigenvalue weighted by molar-refractivity contribution is 0.104. The van der Waals surface area contributed by atoms with Crippen LogP contribution in [-0.4, -0.2) is 5.11 Å². The van der Waals surface area contributed by atoms with Gasteiger partial charge in [0.2, 0.25) is 0 Å². The molecule has 2 heteroatoms. The molecule has 1 saturated carbocycles. The van der Waals surface area contributed by atoms with Crippen LogP contribution in [0.3, 0.4) is 0 Å². The summed E-state index contributed by atoms with van der Waals surface area (Å²) in [4.78, 5) is 0. The van der Waals surface area contributed by atoms with Gasteiger partial charge in [-0.05, 0) is 42.4 Å². The molecule has 0 radical (unpaired) electrons. The molecular formula is C12H15ClO. The lowest BCUT2D eigenvalue weighted by Crippen LogP contribution is -2.09. The molecule has 0 spiro atoms. The summed E-state index contributed by atoms with van der Waals surface area (Å²) in [6, 6.07) is 5.81. The number of benzene rings is 1. The maximum atomic E-state index is 10.1. The average molecular weight is 211 g/mol. The predicted molar refractivity (Wildman–Crippen MR) is 58.5 cm³/mol. The van der Waals surface area contributed by atoms with E-state index in [2.05, 4.69) is 6.92 Å². The van der Waals surface area contributed by atoms with Crippen LogP contribution in [0, 0.1) is 12.3 Å². The van der Waals surface area contributed by atoms with Crippen molar-refractivity contribution in [3.63, 3.8) is 0 Å². The molecular weight excluding hydrogens is 196 g/mol. The van der Waals surface area contributed by atoms with Crippen LogP contribution in [0.5, 0.6) is 0 Å². The lowest BCUT2D eigenvalue weighted by Gasteiger charge is -2.18. The molecule has 1 aromatic carbocycles. The van der Waals surface area contributed by atoms with Gasteiger partial charge in [-0.25, -0.2) is 0 Å². The van der Waals surface area contributed by atoms with Gasteiger partial charge in [-0.15, -0.1) is 0 Å².